The van der Waals surface area contributed by atoms with Crippen LogP contribution in [0.3, 0.4) is 0 Å². The minimum atomic E-state index is -0.224. The van der Waals surface area contributed by atoms with Crippen LogP contribution < -0.4 is 4.90 Å². The van der Waals surface area contributed by atoms with Crippen molar-refractivity contribution in [3.8, 4) is 33.4 Å². The van der Waals surface area contributed by atoms with Gasteiger partial charge in [-0.15, -0.1) is 0 Å². The summed E-state index contributed by atoms with van der Waals surface area (Å²) < 4.78 is 13.1. The van der Waals surface area contributed by atoms with Crippen LogP contribution in [-0.4, -0.2) is 0 Å². The summed E-state index contributed by atoms with van der Waals surface area (Å²) in [6.07, 6.45) is 0. The molecule has 3 heteroatoms. The first-order chi connectivity index (χ1) is 28.5. The Kier molecular flexibility index (Phi) is 6.98. The van der Waals surface area contributed by atoms with Crippen molar-refractivity contribution in [2.75, 3.05) is 4.90 Å². The Morgan fingerprint density at radius 2 is 1.02 bits per heavy atom. The van der Waals surface area contributed by atoms with E-state index in [0.29, 0.717) is 0 Å². The third kappa shape index (κ3) is 4.80. The van der Waals surface area contributed by atoms with Crippen LogP contribution in [0, 0.1) is 0 Å². The molecule has 1 aliphatic rings. The first kappa shape index (κ1) is 32.8. The maximum absolute atomic E-state index is 6.83. The fourth-order valence-electron chi connectivity index (χ4n) is 9.71. The van der Waals surface area contributed by atoms with Gasteiger partial charge in [-0.25, -0.2) is 0 Å². The molecule has 2 heterocycles. The third-order valence-corrected chi connectivity index (χ3v) is 12.4. The molecule has 0 unspecified atom stereocenters. The lowest BCUT2D eigenvalue weighted by atomic mass is 9.81. The Morgan fingerprint density at radius 3 is 1.90 bits per heavy atom. The second-order valence-electron chi connectivity index (χ2n) is 16.1. The number of benzene rings is 9. The van der Waals surface area contributed by atoms with Crippen LogP contribution in [0.4, 0.5) is 17.1 Å². The fourth-order valence-corrected chi connectivity index (χ4v) is 9.71. The van der Waals surface area contributed by atoms with Crippen LogP contribution in [0.15, 0.2) is 197 Å². The van der Waals surface area contributed by atoms with Crippen LogP contribution in [0.25, 0.3) is 88.0 Å². The number of rotatable bonds is 5. The second kappa shape index (κ2) is 12.3. The van der Waals surface area contributed by atoms with Crippen molar-refractivity contribution in [3.05, 3.63) is 199 Å². The van der Waals surface area contributed by atoms with Crippen molar-refractivity contribution in [2.24, 2.45) is 0 Å². The van der Waals surface area contributed by atoms with E-state index in [9.17, 15) is 0 Å². The molecule has 9 aromatic carbocycles. The van der Waals surface area contributed by atoms with Gasteiger partial charge >= 0.3 is 0 Å². The zero-order valence-corrected chi connectivity index (χ0v) is 32.2. The number of furan rings is 2. The van der Waals surface area contributed by atoms with Gasteiger partial charge in [0.25, 0.3) is 0 Å². The molecule has 0 saturated carbocycles. The van der Waals surface area contributed by atoms with E-state index < -0.39 is 0 Å². The summed E-state index contributed by atoms with van der Waals surface area (Å²) >= 11 is 0. The number of fused-ring (bicyclic) bond motifs is 10. The topological polar surface area (TPSA) is 29.5 Å². The fraction of sp³-hybridized carbons (Fsp3) is 0.0545. The lowest BCUT2D eigenvalue weighted by Gasteiger charge is -2.33. The summed E-state index contributed by atoms with van der Waals surface area (Å²) in [7, 11) is 0. The van der Waals surface area contributed by atoms with Crippen molar-refractivity contribution in [3.63, 3.8) is 0 Å². The summed E-state index contributed by atoms with van der Waals surface area (Å²) in [4.78, 5) is 2.46. The number of para-hydroxylation sites is 3. The Hall–Kier alpha value is -7.36. The number of hydrogen-bond donors (Lipinski definition) is 0. The van der Waals surface area contributed by atoms with Crippen molar-refractivity contribution in [2.45, 2.75) is 19.3 Å². The molecule has 2 aromatic heterocycles. The van der Waals surface area contributed by atoms with Gasteiger partial charge in [0.15, 0.2) is 0 Å². The zero-order chi connectivity index (χ0) is 38.5. The summed E-state index contributed by atoms with van der Waals surface area (Å²) in [5.74, 6) is 0. The molecule has 0 bridgehead atoms. The van der Waals surface area contributed by atoms with Gasteiger partial charge in [-0.2, -0.15) is 0 Å². The molecule has 3 nitrogen and oxygen atoms in total. The van der Waals surface area contributed by atoms with Crippen LogP contribution in [0.5, 0.6) is 0 Å². The molecule has 12 rings (SSSR count). The quantitative estimate of drug-likeness (QED) is 0.176. The van der Waals surface area contributed by atoms with E-state index in [-0.39, 0.29) is 5.41 Å². The maximum Gasteiger partial charge on any atom is 0.143 e. The normalized spacial score (nSPS) is 13.1. The number of nitrogens with zero attached hydrogens (tertiary/aromatic N) is 1. The Balaban J connectivity index is 1.06. The molecule has 0 atom stereocenters. The molecule has 0 N–H and O–H groups in total. The first-order valence-electron chi connectivity index (χ1n) is 20.0. The molecule has 0 fully saturated rings. The summed E-state index contributed by atoms with van der Waals surface area (Å²) in [5.41, 5.74) is 16.3. The van der Waals surface area contributed by atoms with E-state index >= 15 is 0 Å². The van der Waals surface area contributed by atoms with Crippen LogP contribution in [-0.2, 0) is 5.41 Å². The minimum Gasteiger partial charge on any atom is -0.456 e. The summed E-state index contributed by atoms with van der Waals surface area (Å²) in [5, 5.41) is 6.89. The predicted octanol–water partition coefficient (Wildman–Crippen LogP) is 15.7. The van der Waals surface area contributed by atoms with Gasteiger partial charge < -0.3 is 13.7 Å². The molecular formula is C55H37NO2. The van der Waals surface area contributed by atoms with Crippen LogP contribution >= 0.6 is 0 Å². The summed E-state index contributed by atoms with van der Waals surface area (Å²) in [6.45, 7) is 4.73. The molecule has 0 aliphatic heterocycles. The maximum atomic E-state index is 6.83. The van der Waals surface area contributed by atoms with Crippen LogP contribution in [0.1, 0.15) is 25.0 Å². The number of hydrogen-bond acceptors (Lipinski definition) is 3. The van der Waals surface area contributed by atoms with Crippen molar-refractivity contribution < 1.29 is 8.83 Å². The van der Waals surface area contributed by atoms with E-state index in [2.05, 4.69) is 195 Å². The molecular weight excluding hydrogens is 707 g/mol. The van der Waals surface area contributed by atoms with Gasteiger partial charge in [0.1, 0.15) is 22.3 Å². The van der Waals surface area contributed by atoms with Gasteiger partial charge in [-0.1, -0.05) is 147 Å². The van der Waals surface area contributed by atoms with Crippen LogP contribution in [0.2, 0.25) is 0 Å². The van der Waals surface area contributed by atoms with E-state index in [1.807, 2.05) is 12.1 Å². The highest BCUT2D eigenvalue weighted by molar-refractivity contribution is 6.14. The van der Waals surface area contributed by atoms with E-state index in [0.717, 1.165) is 83.2 Å². The average Bonchev–Trinajstić information content (AvgIpc) is 3.90. The van der Waals surface area contributed by atoms with Crippen molar-refractivity contribution in [1.29, 1.82) is 0 Å². The smallest absolute Gasteiger partial charge is 0.143 e. The largest absolute Gasteiger partial charge is 0.456 e. The monoisotopic (exact) mass is 743 g/mol. The molecule has 0 amide bonds. The van der Waals surface area contributed by atoms with E-state index in [4.69, 9.17) is 8.83 Å². The Labute approximate surface area is 336 Å². The van der Waals surface area contributed by atoms with Crippen molar-refractivity contribution >= 4 is 71.7 Å². The molecule has 0 radical (unpaired) electrons. The predicted molar refractivity (Wildman–Crippen MR) is 242 cm³/mol. The third-order valence-electron chi connectivity index (χ3n) is 12.4. The minimum absolute atomic E-state index is 0.224. The molecule has 58 heavy (non-hydrogen) atoms. The summed E-state index contributed by atoms with van der Waals surface area (Å²) in [6, 6.07) is 67.7. The number of anilines is 3. The lowest BCUT2D eigenvalue weighted by molar-refractivity contribution is 0.660. The van der Waals surface area contributed by atoms with Gasteiger partial charge in [0.2, 0.25) is 0 Å². The zero-order valence-electron chi connectivity index (χ0n) is 32.2. The molecule has 11 aromatic rings. The molecule has 274 valence electrons. The first-order valence-corrected chi connectivity index (χ1v) is 20.0. The highest BCUT2D eigenvalue weighted by Gasteiger charge is 2.39. The second-order valence-corrected chi connectivity index (χ2v) is 16.1. The molecule has 0 spiro atoms. The highest BCUT2D eigenvalue weighted by atomic mass is 16.3. The van der Waals surface area contributed by atoms with E-state index in [1.165, 1.54) is 33.0 Å². The van der Waals surface area contributed by atoms with Crippen molar-refractivity contribution in [1.82, 2.24) is 0 Å². The Bertz CT molecular complexity index is 3440. The Morgan fingerprint density at radius 1 is 0.397 bits per heavy atom. The van der Waals surface area contributed by atoms with Gasteiger partial charge in [0, 0.05) is 43.8 Å². The van der Waals surface area contributed by atoms with Gasteiger partial charge in [-0.05, 0) is 98.8 Å². The standard InChI is InChI=1S/C55H37NO2/c1-55(2)47-21-8-5-15-39(47)43-18-12-23-49(53(43)55)56(38-28-25-34(26-29-38)37-27-30-42-41-17-7-10-24-50(41)57-51(42)33-37)48-22-9-6-16-40(48)44-19-11-20-45-46-31-35-13-3-4-14-36(35)32-52(46)58-54(44)45/h3-33H,1-2H3. The van der Waals surface area contributed by atoms with Gasteiger partial charge in [-0.3, -0.25) is 0 Å². The SMILES string of the molecule is CC1(C)c2ccccc2-c2cccc(N(c3ccc(-c4ccc5c(c4)oc4ccccc45)cc3)c3ccccc3-c3cccc4c3oc3cc5ccccc5cc34)c21. The lowest BCUT2D eigenvalue weighted by Crippen LogP contribution is -2.21. The highest BCUT2D eigenvalue weighted by Crippen LogP contribution is 2.55. The molecule has 0 saturated heterocycles. The van der Waals surface area contributed by atoms with Gasteiger partial charge in [0.05, 0.1) is 11.4 Å². The molecule has 1 aliphatic carbocycles. The average molecular weight is 744 g/mol. The van der Waals surface area contributed by atoms with E-state index in [1.54, 1.807) is 0 Å².